The van der Waals surface area contributed by atoms with Crippen molar-refractivity contribution in [3.05, 3.63) is 151 Å². The van der Waals surface area contributed by atoms with Crippen LogP contribution in [0.25, 0.3) is 81.6 Å². The van der Waals surface area contributed by atoms with E-state index in [1.54, 1.807) is 11.3 Å². The lowest BCUT2D eigenvalue weighted by Crippen LogP contribution is -2.14. The molecular formula is C43H29N3S. The minimum Gasteiger partial charge on any atom is -0.308 e. The molecule has 0 spiro atoms. The van der Waals surface area contributed by atoms with Gasteiger partial charge >= 0.3 is 0 Å². The van der Waals surface area contributed by atoms with Crippen molar-refractivity contribution in [2.45, 2.75) is 19.3 Å². The van der Waals surface area contributed by atoms with Gasteiger partial charge in [-0.15, -0.1) is 11.3 Å². The molecule has 6 aromatic carbocycles. The second-order valence-electron chi connectivity index (χ2n) is 13.0. The highest BCUT2D eigenvalue weighted by molar-refractivity contribution is 7.26. The van der Waals surface area contributed by atoms with Crippen LogP contribution in [0, 0.1) is 0 Å². The lowest BCUT2D eigenvalue weighted by Gasteiger charge is -2.21. The monoisotopic (exact) mass is 619 g/mol. The van der Waals surface area contributed by atoms with E-state index < -0.39 is 0 Å². The summed E-state index contributed by atoms with van der Waals surface area (Å²) in [5, 5.41) is 3.68. The Morgan fingerprint density at radius 3 is 2.13 bits per heavy atom. The third-order valence-electron chi connectivity index (χ3n) is 10.0. The highest BCUT2D eigenvalue weighted by Gasteiger charge is 2.36. The molecule has 0 aliphatic heterocycles. The topological polar surface area (TPSA) is 30.7 Å². The van der Waals surface area contributed by atoms with Gasteiger partial charge in [0, 0.05) is 37.4 Å². The molecule has 1 aliphatic rings. The Kier molecular flexibility index (Phi) is 5.50. The minimum absolute atomic E-state index is 0.0678. The van der Waals surface area contributed by atoms with Crippen molar-refractivity contribution < 1.29 is 0 Å². The normalized spacial score (nSPS) is 13.5. The van der Waals surface area contributed by atoms with Crippen LogP contribution in [0.5, 0.6) is 0 Å². The number of para-hydroxylation sites is 2. The van der Waals surface area contributed by atoms with Crippen LogP contribution >= 0.6 is 11.3 Å². The van der Waals surface area contributed by atoms with Gasteiger partial charge in [0.05, 0.1) is 32.6 Å². The largest absolute Gasteiger partial charge is 0.308 e. The van der Waals surface area contributed by atoms with Crippen LogP contribution in [0.15, 0.2) is 140 Å². The fourth-order valence-electron chi connectivity index (χ4n) is 7.78. The summed E-state index contributed by atoms with van der Waals surface area (Å²) in [5.74, 6) is 0.731. The molecule has 0 N–H and O–H groups in total. The summed E-state index contributed by atoms with van der Waals surface area (Å²) in [6.07, 6.45) is 0. The standard InChI is InChI=1S/C43H29N3S/c1-43(2)33-20-10-6-16-27(33)31-25-37-32(24-34(31)43)28-17-7-11-21-35(28)46(37)36-22-12-8-18-29(36)42-44-39(26-14-4-3-5-15-26)41-40(45-42)30-19-9-13-23-38(30)47-41/h3-25H,1-2H3. The van der Waals surface area contributed by atoms with E-state index >= 15 is 0 Å². The summed E-state index contributed by atoms with van der Waals surface area (Å²) in [6.45, 7) is 4.70. The Morgan fingerprint density at radius 1 is 0.553 bits per heavy atom. The molecule has 0 saturated heterocycles. The molecule has 0 unspecified atom stereocenters. The van der Waals surface area contributed by atoms with Gasteiger partial charge in [-0.3, -0.25) is 0 Å². The number of hydrogen-bond donors (Lipinski definition) is 0. The van der Waals surface area contributed by atoms with Crippen LogP contribution in [-0.2, 0) is 5.41 Å². The zero-order valence-electron chi connectivity index (χ0n) is 26.0. The number of thiophene rings is 1. The molecule has 9 aromatic rings. The smallest absolute Gasteiger partial charge is 0.162 e. The van der Waals surface area contributed by atoms with E-state index in [1.165, 1.54) is 54.1 Å². The molecule has 1 aliphatic carbocycles. The fourth-order valence-corrected chi connectivity index (χ4v) is 8.94. The second-order valence-corrected chi connectivity index (χ2v) is 14.0. The van der Waals surface area contributed by atoms with Gasteiger partial charge in [-0.1, -0.05) is 117 Å². The zero-order chi connectivity index (χ0) is 31.3. The second kappa shape index (κ2) is 9.71. The van der Waals surface area contributed by atoms with Gasteiger partial charge in [0.1, 0.15) is 0 Å². The number of rotatable bonds is 3. The van der Waals surface area contributed by atoms with Gasteiger partial charge in [0.25, 0.3) is 0 Å². The number of fused-ring (bicyclic) bond motifs is 9. The fraction of sp³-hybridized carbons (Fsp3) is 0.0698. The van der Waals surface area contributed by atoms with Crippen molar-refractivity contribution in [1.29, 1.82) is 0 Å². The number of nitrogens with zero attached hydrogens (tertiary/aromatic N) is 3. The molecule has 0 radical (unpaired) electrons. The highest BCUT2D eigenvalue weighted by Crippen LogP contribution is 2.51. The molecule has 222 valence electrons. The maximum atomic E-state index is 5.36. The van der Waals surface area contributed by atoms with Gasteiger partial charge in [0.2, 0.25) is 0 Å². The van der Waals surface area contributed by atoms with Gasteiger partial charge in [-0.25, -0.2) is 9.97 Å². The molecule has 3 aromatic heterocycles. The first kappa shape index (κ1) is 26.6. The summed E-state index contributed by atoms with van der Waals surface area (Å²) in [6, 6.07) is 50.2. The van der Waals surface area contributed by atoms with Crippen LogP contribution in [0.2, 0.25) is 0 Å². The van der Waals surface area contributed by atoms with Crippen molar-refractivity contribution in [1.82, 2.24) is 14.5 Å². The highest BCUT2D eigenvalue weighted by atomic mass is 32.1. The maximum absolute atomic E-state index is 5.36. The molecule has 0 saturated carbocycles. The zero-order valence-corrected chi connectivity index (χ0v) is 26.8. The van der Waals surface area contributed by atoms with E-state index in [4.69, 9.17) is 9.97 Å². The van der Waals surface area contributed by atoms with Gasteiger partial charge in [-0.05, 0) is 58.7 Å². The molecule has 0 atom stereocenters. The first-order chi connectivity index (χ1) is 23.1. The number of aromatic nitrogens is 3. The molecule has 3 nitrogen and oxygen atoms in total. The van der Waals surface area contributed by atoms with Crippen molar-refractivity contribution in [2.75, 3.05) is 0 Å². The first-order valence-corrected chi connectivity index (χ1v) is 16.9. The van der Waals surface area contributed by atoms with E-state index in [9.17, 15) is 0 Å². The van der Waals surface area contributed by atoms with Crippen molar-refractivity contribution in [3.63, 3.8) is 0 Å². The third-order valence-corrected chi connectivity index (χ3v) is 11.2. The minimum atomic E-state index is -0.0678. The van der Waals surface area contributed by atoms with E-state index in [0.29, 0.717) is 0 Å². The van der Waals surface area contributed by atoms with Gasteiger partial charge in [0.15, 0.2) is 5.82 Å². The number of hydrogen-bond acceptors (Lipinski definition) is 3. The summed E-state index contributed by atoms with van der Waals surface area (Å²) in [5.41, 5.74) is 12.9. The van der Waals surface area contributed by atoms with Crippen LogP contribution in [0.4, 0.5) is 0 Å². The van der Waals surface area contributed by atoms with E-state index in [0.717, 1.165) is 38.5 Å². The van der Waals surface area contributed by atoms with E-state index in [2.05, 4.69) is 158 Å². The average molecular weight is 620 g/mol. The van der Waals surface area contributed by atoms with Crippen LogP contribution in [0.3, 0.4) is 0 Å². The lowest BCUT2D eigenvalue weighted by molar-refractivity contribution is 0.661. The molecular weight excluding hydrogens is 591 g/mol. The van der Waals surface area contributed by atoms with Crippen LogP contribution in [0.1, 0.15) is 25.0 Å². The average Bonchev–Trinajstić information content (AvgIpc) is 3.73. The predicted octanol–water partition coefficient (Wildman–Crippen LogP) is 11.6. The van der Waals surface area contributed by atoms with Crippen LogP contribution < -0.4 is 0 Å². The Hall–Kier alpha value is -5.58. The molecule has 4 heteroatoms. The van der Waals surface area contributed by atoms with Crippen molar-refractivity contribution >= 4 is 53.4 Å². The Balaban J connectivity index is 1.29. The Morgan fingerprint density at radius 2 is 1.26 bits per heavy atom. The molecule has 0 fully saturated rings. The molecule has 47 heavy (non-hydrogen) atoms. The molecule has 0 amide bonds. The Bertz CT molecular complexity index is 2710. The molecule has 3 heterocycles. The lowest BCUT2D eigenvalue weighted by atomic mass is 9.82. The van der Waals surface area contributed by atoms with E-state index in [-0.39, 0.29) is 5.41 Å². The molecule has 10 rings (SSSR count). The molecule has 0 bridgehead atoms. The predicted molar refractivity (Wildman–Crippen MR) is 198 cm³/mol. The number of benzene rings is 6. The van der Waals surface area contributed by atoms with Crippen molar-refractivity contribution in [2.24, 2.45) is 0 Å². The third kappa shape index (κ3) is 3.73. The summed E-state index contributed by atoms with van der Waals surface area (Å²) in [4.78, 5) is 10.7. The summed E-state index contributed by atoms with van der Waals surface area (Å²) in [7, 11) is 0. The summed E-state index contributed by atoms with van der Waals surface area (Å²) < 4.78 is 4.77. The van der Waals surface area contributed by atoms with E-state index in [1.807, 2.05) is 0 Å². The quantitative estimate of drug-likeness (QED) is 0.197. The van der Waals surface area contributed by atoms with Crippen molar-refractivity contribution in [3.8, 4) is 39.5 Å². The van der Waals surface area contributed by atoms with Crippen LogP contribution in [-0.4, -0.2) is 14.5 Å². The maximum Gasteiger partial charge on any atom is 0.162 e. The van der Waals surface area contributed by atoms with Gasteiger partial charge in [-0.2, -0.15) is 0 Å². The first-order valence-electron chi connectivity index (χ1n) is 16.1. The van der Waals surface area contributed by atoms with Gasteiger partial charge < -0.3 is 4.57 Å². The Labute approximate surface area is 276 Å². The SMILES string of the molecule is CC1(C)c2ccccc2-c2cc3c(cc21)c1ccccc1n3-c1ccccc1-c1nc(-c2ccccc2)c2sc3ccccc3c2n1. The summed E-state index contributed by atoms with van der Waals surface area (Å²) >= 11 is 1.77.